The summed E-state index contributed by atoms with van der Waals surface area (Å²) in [4.78, 5) is 14.8. The Balaban J connectivity index is 1.71. The number of benzene rings is 1. The lowest BCUT2D eigenvalue weighted by Crippen LogP contribution is -2.48. The van der Waals surface area contributed by atoms with Crippen molar-refractivity contribution in [3.05, 3.63) is 23.8 Å². The maximum atomic E-state index is 12.6. The van der Waals surface area contributed by atoms with Gasteiger partial charge in [-0.1, -0.05) is 6.07 Å². The zero-order valence-electron chi connectivity index (χ0n) is 15.6. The van der Waals surface area contributed by atoms with Crippen LogP contribution >= 0.6 is 0 Å². The van der Waals surface area contributed by atoms with Crippen LogP contribution in [0.25, 0.3) is 0 Å². The molecule has 1 saturated carbocycles. The number of methoxy groups -OCH3 is 2. The first kappa shape index (κ1) is 18.5. The minimum absolute atomic E-state index is 0.0622. The van der Waals surface area contributed by atoms with Gasteiger partial charge in [0.05, 0.1) is 26.8 Å². The molecule has 1 aliphatic heterocycles. The van der Waals surface area contributed by atoms with E-state index in [0.717, 1.165) is 62.1 Å². The maximum absolute atomic E-state index is 12.6. The van der Waals surface area contributed by atoms with E-state index in [4.69, 9.17) is 9.47 Å². The topological polar surface area (TPSA) is 74.6 Å². The fourth-order valence-corrected chi connectivity index (χ4v) is 4.20. The molecule has 1 N–H and O–H groups in total. The predicted octanol–water partition coefficient (Wildman–Crippen LogP) is 2.79. The number of hydrogen-bond acceptors (Lipinski definition) is 5. The largest absolute Gasteiger partial charge is 0.497 e. The summed E-state index contributed by atoms with van der Waals surface area (Å²) in [6.45, 7) is 1.18. The van der Waals surface area contributed by atoms with Crippen molar-refractivity contribution in [3.63, 3.8) is 0 Å². The Labute approximate surface area is 155 Å². The molecule has 0 bridgehead atoms. The van der Waals surface area contributed by atoms with Crippen molar-refractivity contribution in [2.45, 2.75) is 50.1 Å². The first-order valence-electron chi connectivity index (χ1n) is 9.29. The highest BCUT2D eigenvalue weighted by atomic mass is 16.5. The number of nitrogens with zero attached hydrogens (tertiary/aromatic N) is 2. The van der Waals surface area contributed by atoms with Crippen LogP contribution in [-0.2, 0) is 4.79 Å². The lowest BCUT2D eigenvalue weighted by atomic mass is 10.00. The molecule has 26 heavy (non-hydrogen) atoms. The van der Waals surface area contributed by atoms with Gasteiger partial charge in [-0.25, -0.2) is 0 Å². The van der Waals surface area contributed by atoms with Crippen LogP contribution in [0.5, 0.6) is 11.5 Å². The van der Waals surface area contributed by atoms with Gasteiger partial charge < -0.3 is 14.8 Å². The van der Waals surface area contributed by atoms with Crippen molar-refractivity contribution in [2.75, 3.05) is 27.3 Å². The van der Waals surface area contributed by atoms with Gasteiger partial charge in [-0.05, 0) is 51.1 Å². The molecule has 1 aromatic carbocycles. The number of ether oxygens (including phenoxy) is 2. The summed E-state index contributed by atoms with van der Waals surface area (Å²) in [5.74, 6) is 1.48. The maximum Gasteiger partial charge on any atom is 0.235 e. The zero-order valence-corrected chi connectivity index (χ0v) is 15.6. The van der Waals surface area contributed by atoms with E-state index in [0.29, 0.717) is 6.54 Å². The van der Waals surface area contributed by atoms with Gasteiger partial charge in [0.25, 0.3) is 0 Å². The van der Waals surface area contributed by atoms with Crippen LogP contribution < -0.4 is 14.8 Å². The summed E-state index contributed by atoms with van der Waals surface area (Å²) in [6.07, 6.45) is 5.54. The molecular formula is C20H27N3O3. The predicted molar refractivity (Wildman–Crippen MR) is 98.0 cm³/mol. The Bertz CT molecular complexity index is 692. The van der Waals surface area contributed by atoms with E-state index >= 15 is 0 Å². The van der Waals surface area contributed by atoms with Gasteiger partial charge in [0.2, 0.25) is 5.91 Å². The average Bonchev–Trinajstić information content (AvgIpc) is 3.31. The summed E-state index contributed by atoms with van der Waals surface area (Å²) >= 11 is 0. The molecule has 0 spiro atoms. The highest BCUT2D eigenvalue weighted by Crippen LogP contribution is 2.38. The van der Waals surface area contributed by atoms with Gasteiger partial charge in [-0.3, -0.25) is 9.69 Å². The summed E-state index contributed by atoms with van der Waals surface area (Å²) in [6, 6.07) is 8.30. The molecule has 1 amide bonds. The van der Waals surface area contributed by atoms with Gasteiger partial charge >= 0.3 is 0 Å². The van der Waals surface area contributed by atoms with Crippen molar-refractivity contribution in [3.8, 4) is 17.6 Å². The molecule has 6 nitrogen and oxygen atoms in total. The summed E-state index contributed by atoms with van der Waals surface area (Å²) in [5.41, 5.74) is 0.416. The molecule has 0 unspecified atom stereocenters. The number of amides is 1. The third kappa shape index (κ3) is 3.78. The van der Waals surface area contributed by atoms with Crippen LogP contribution in [-0.4, -0.2) is 43.7 Å². The number of carbonyl (C=O) groups excluding carboxylic acids is 1. The smallest absolute Gasteiger partial charge is 0.235 e. The lowest BCUT2D eigenvalue weighted by Gasteiger charge is -2.28. The van der Waals surface area contributed by atoms with E-state index < -0.39 is 5.54 Å². The Morgan fingerprint density at radius 1 is 1.31 bits per heavy atom. The second kappa shape index (κ2) is 7.96. The fourth-order valence-electron chi connectivity index (χ4n) is 4.20. The monoisotopic (exact) mass is 357 g/mol. The highest BCUT2D eigenvalue weighted by Gasteiger charge is 2.37. The van der Waals surface area contributed by atoms with Crippen LogP contribution in [0.3, 0.4) is 0 Å². The number of likely N-dealkylation sites (tertiary alicyclic amines) is 1. The molecule has 1 aliphatic carbocycles. The number of hydrogen-bond donors (Lipinski definition) is 1. The van der Waals surface area contributed by atoms with Crippen molar-refractivity contribution in [1.82, 2.24) is 10.2 Å². The van der Waals surface area contributed by atoms with Crippen molar-refractivity contribution in [2.24, 2.45) is 0 Å². The molecular weight excluding hydrogens is 330 g/mol. The van der Waals surface area contributed by atoms with Gasteiger partial charge in [-0.15, -0.1) is 0 Å². The van der Waals surface area contributed by atoms with E-state index in [1.807, 2.05) is 18.2 Å². The van der Waals surface area contributed by atoms with Crippen LogP contribution in [0.2, 0.25) is 0 Å². The molecule has 0 radical (unpaired) electrons. The molecule has 2 aliphatic rings. The average molecular weight is 357 g/mol. The quantitative estimate of drug-likeness (QED) is 0.847. The third-order valence-corrected chi connectivity index (χ3v) is 5.56. The van der Waals surface area contributed by atoms with Crippen LogP contribution in [0.15, 0.2) is 18.2 Å². The van der Waals surface area contributed by atoms with E-state index in [2.05, 4.69) is 16.3 Å². The molecule has 1 atom stereocenters. The second-order valence-electron chi connectivity index (χ2n) is 7.19. The standard InChI is InChI=1S/C20H27N3O3/c1-25-15-7-8-16(18(12-15)26-2)17-6-5-11-23(17)13-19(24)22-20(14-21)9-3-4-10-20/h7-8,12,17H,3-6,9-11,13H2,1-2H3,(H,22,24)/t17-/m1/s1. The molecule has 1 aromatic rings. The zero-order chi connectivity index (χ0) is 18.6. The molecule has 0 aromatic heterocycles. The van der Waals surface area contributed by atoms with Gasteiger partial charge in [-0.2, -0.15) is 5.26 Å². The van der Waals surface area contributed by atoms with Crippen LogP contribution in [0, 0.1) is 11.3 Å². The minimum atomic E-state index is -0.663. The fraction of sp³-hybridized carbons (Fsp3) is 0.600. The first-order chi connectivity index (χ1) is 12.6. The Hall–Kier alpha value is -2.26. The highest BCUT2D eigenvalue weighted by molar-refractivity contribution is 5.79. The lowest BCUT2D eigenvalue weighted by molar-refractivity contribution is -0.123. The van der Waals surface area contributed by atoms with E-state index in [-0.39, 0.29) is 11.9 Å². The van der Waals surface area contributed by atoms with E-state index in [1.165, 1.54) is 0 Å². The third-order valence-electron chi connectivity index (χ3n) is 5.56. The SMILES string of the molecule is COc1ccc([C@H]2CCCN2CC(=O)NC2(C#N)CCCC2)c(OC)c1. The first-order valence-corrected chi connectivity index (χ1v) is 9.29. The van der Waals surface area contributed by atoms with Crippen LogP contribution in [0.1, 0.15) is 50.1 Å². The normalized spacial score (nSPS) is 22.0. The number of nitrogens with one attached hydrogen (secondary N) is 1. The number of nitriles is 1. The summed E-state index contributed by atoms with van der Waals surface area (Å²) in [5, 5.41) is 12.5. The Morgan fingerprint density at radius 3 is 2.73 bits per heavy atom. The summed E-state index contributed by atoms with van der Waals surface area (Å²) < 4.78 is 10.8. The van der Waals surface area contributed by atoms with Gasteiger partial charge in [0.1, 0.15) is 17.0 Å². The minimum Gasteiger partial charge on any atom is -0.497 e. The van der Waals surface area contributed by atoms with Crippen molar-refractivity contribution >= 4 is 5.91 Å². The molecule has 3 rings (SSSR count). The van der Waals surface area contributed by atoms with Gasteiger partial charge in [0.15, 0.2) is 0 Å². The van der Waals surface area contributed by atoms with E-state index in [9.17, 15) is 10.1 Å². The van der Waals surface area contributed by atoms with Crippen molar-refractivity contribution < 1.29 is 14.3 Å². The Kier molecular flexibility index (Phi) is 5.67. The summed E-state index contributed by atoms with van der Waals surface area (Å²) in [7, 11) is 3.29. The number of carbonyl (C=O) groups is 1. The number of rotatable bonds is 6. The van der Waals surface area contributed by atoms with E-state index in [1.54, 1.807) is 14.2 Å². The van der Waals surface area contributed by atoms with Crippen molar-refractivity contribution in [1.29, 1.82) is 5.26 Å². The van der Waals surface area contributed by atoms with Crippen LogP contribution in [0.4, 0.5) is 0 Å². The molecule has 140 valence electrons. The Morgan fingerprint density at radius 2 is 2.08 bits per heavy atom. The van der Waals surface area contributed by atoms with Gasteiger partial charge in [0, 0.05) is 17.7 Å². The molecule has 2 fully saturated rings. The molecule has 6 heteroatoms. The second-order valence-corrected chi connectivity index (χ2v) is 7.19. The molecule has 1 saturated heterocycles. The molecule has 1 heterocycles.